The molecule has 0 radical (unpaired) electrons. The normalized spacial score (nSPS) is 10.6. The number of carbonyl (C=O) groups excluding carboxylic acids is 1. The molecule has 3 N–H and O–H groups in total. The summed E-state index contributed by atoms with van der Waals surface area (Å²) in [6, 6.07) is 11.0. The highest BCUT2D eigenvalue weighted by Gasteiger charge is 2.17. The van der Waals surface area contributed by atoms with Crippen LogP contribution >= 0.6 is 23.4 Å². The molecule has 2 aromatic carbocycles. The van der Waals surface area contributed by atoms with Crippen molar-refractivity contribution in [3.8, 4) is 17.1 Å². The van der Waals surface area contributed by atoms with Gasteiger partial charge in [-0.3, -0.25) is 9.36 Å². The van der Waals surface area contributed by atoms with E-state index in [1.165, 1.54) is 18.2 Å². The lowest BCUT2D eigenvalue weighted by molar-refractivity contribution is -0.113. The molecule has 1 amide bonds. The Morgan fingerprint density at radius 2 is 2.00 bits per heavy atom. The number of nitrogens with zero attached hydrogens (tertiary/aromatic N) is 3. The Morgan fingerprint density at radius 3 is 2.70 bits per heavy atom. The molecule has 154 valence electrons. The smallest absolute Gasteiger partial charge is 0.337 e. The van der Waals surface area contributed by atoms with Gasteiger partial charge in [-0.05, 0) is 30.3 Å². The number of rotatable bonds is 8. The number of amides is 1. The zero-order valence-electron chi connectivity index (χ0n) is 15.6. The number of nitrogens with one attached hydrogen (secondary N) is 1. The number of benzene rings is 2. The van der Waals surface area contributed by atoms with Crippen molar-refractivity contribution in [2.75, 3.05) is 11.1 Å². The van der Waals surface area contributed by atoms with Crippen molar-refractivity contribution < 1.29 is 19.8 Å². The molecule has 0 bridgehead atoms. The van der Waals surface area contributed by atoms with Gasteiger partial charge in [0.1, 0.15) is 5.75 Å². The number of phenols is 1. The fraction of sp³-hybridized carbons (Fsp3) is 0.100. The lowest BCUT2D eigenvalue weighted by atomic mass is 10.2. The molecule has 0 aliphatic carbocycles. The van der Waals surface area contributed by atoms with Gasteiger partial charge in [0.25, 0.3) is 0 Å². The summed E-state index contributed by atoms with van der Waals surface area (Å²) in [7, 11) is 0. The van der Waals surface area contributed by atoms with E-state index >= 15 is 0 Å². The molecule has 0 aliphatic rings. The summed E-state index contributed by atoms with van der Waals surface area (Å²) < 4.78 is 1.74. The van der Waals surface area contributed by atoms with Crippen LogP contribution in [0.2, 0.25) is 5.02 Å². The number of carbonyl (C=O) groups is 2. The number of aromatic nitrogens is 3. The summed E-state index contributed by atoms with van der Waals surface area (Å²) in [4.78, 5) is 23.5. The third-order valence-corrected chi connectivity index (χ3v) is 5.28. The van der Waals surface area contributed by atoms with Gasteiger partial charge in [-0.2, -0.15) is 0 Å². The molecule has 0 atom stereocenters. The van der Waals surface area contributed by atoms with Crippen LogP contribution in [0, 0.1) is 0 Å². The van der Waals surface area contributed by atoms with Crippen LogP contribution in [-0.4, -0.2) is 42.6 Å². The first-order chi connectivity index (χ1) is 14.4. The number of hydrogen-bond acceptors (Lipinski definition) is 6. The summed E-state index contributed by atoms with van der Waals surface area (Å²) in [5.41, 5.74) is 0.746. The second kappa shape index (κ2) is 9.47. The van der Waals surface area contributed by atoms with E-state index in [1.807, 2.05) is 0 Å². The lowest BCUT2D eigenvalue weighted by Gasteiger charge is -2.09. The van der Waals surface area contributed by atoms with Crippen LogP contribution < -0.4 is 5.32 Å². The maximum Gasteiger partial charge on any atom is 0.337 e. The van der Waals surface area contributed by atoms with Gasteiger partial charge in [0, 0.05) is 12.2 Å². The number of halogens is 1. The standard InChI is InChI=1S/C20H17ClN4O4S/c1-2-9-25-18(13-5-3-4-6-16(13)26)23-24-20(25)30-11-17(27)22-12-7-8-15(21)14(10-12)19(28)29/h2-8,10,26H,1,9,11H2,(H,22,27)(H,28,29). The molecule has 30 heavy (non-hydrogen) atoms. The Kier molecular flexibility index (Phi) is 6.76. The molecule has 8 nitrogen and oxygen atoms in total. The molecule has 1 aromatic heterocycles. The highest BCUT2D eigenvalue weighted by atomic mass is 35.5. The number of hydrogen-bond donors (Lipinski definition) is 3. The lowest BCUT2D eigenvalue weighted by Crippen LogP contribution is -2.15. The van der Waals surface area contributed by atoms with Gasteiger partial charge in [0.05, 0.1) is 21.9 Å². The highest BCUT2D eigenvalue weighted by molar-refractivity contribution is 7.99. The topological polar surface area (TPSA) is 117 Å². The van der Waals surface area contributed by atoms with E-state index in [-0.39, 0.29) is 28.0 Å². The van der Waals surface area contributed by atoms with Gasteiger partial charge >= 0.3 is 5.97 Å². The van der Waals surface area contributed by atoms with E-state index in [1.54, 1.807) is 34.9 Å². The molecule has 3 aromatic rings. The predicted molar refractivity (Wildman–Crippen MR) is 115 cm³/mol. The van der Waals surface area contributed by atoms with Crippen LogP contribution in [0.5, 0.6) is 5.75 Å². The van der Waals surface area contributed by atoms with Crippen molar-refractivity contribution in [3.05, 3.63) is 65.7 Å². The summed E-state index contributed by atoms with van der Waals surface area (Å²) >= 11 is 6.99. The molecule has 10 heteroatoms. The van der Waals surface area contributed by atoms with E-state index in [9.17, 15) is 14.7 Å². The minimum atomic E-state index is -1.18. The number of para-hydroxylation sites is 1. The Hall–Kier alpha value is -3.30. The average molecular weight is 445 g/mol. The first-order valence-corrected chi connectivity index (χ1v) is 10.0. The number of allylic oxidation sites excluding steroid dienone is 1. The number of carboxylic acid groups (broad SMARTS) is 1. The minimum Gasteiger partial charge on any atom is -0.507 e. The monoisotopic (exact) mass is 444 g/mol. The van der Waals surface area contributed by atoms with E-state index in [2.05, 4.69) is 22.1 Å². The summed E-state index contributed by atoms with van der Waals surface area (Å²) in [6.45, 7) is 4.12. The number of aromatic hydroxyl groups is 1. The minimum absolute atomic E-state index is 0.0150. The Morgan fingerprint density at radius 1 is 1.23 bits per heavy atom. The SMILES string of the molecule is C=CCn1c(SCC(=O)Nc2ccc(Cl)c(C(=O)O)c2)nnc1-c1ccccc1O. The highest BCUT2D eigenvalue weighted by Crippen LogP contribution is 2.30. The second-order valence-corrected chi connectivity index (χ2v) is 7.41. The van der Waals surface area contributed by atoms with E-state index in [4.69, 9.17) is 16.7 Å². The van der Waals surface area contributed by atoms with E-state index < -0.39 is 5.97 Å². The number of anilines is 1. The quantitative estimate of drug-likeness (QED) is 0.356. The molecule has 0 aliphatic heterocycles. The van der Waals surface area contributed by atoms with E-state index in [0.717, 1.165) is 11.8 Å². The van der Waals surface area contributed by atoms with Crippen LogP contribution in [0.1, 0.15) is 10.4 Å². The molecule has 0 fully saturated rings. The Bertz CT molecular complexity index is 1120. The summed E-state index contributed by atoms with van der Waals surface area (Å²) in [5.74, 6) is -0.988. The molecular weight excluding hydrogens is 428 g/mol. The number of phenolic OH excluding ortho intramolecular Hbond substituents is 1. The van der Waals surface area contributed by atoms with Crippen molar-refractivity contribution in [1.29, 1.82) is 0 Å². The second-order valence-electron chi connectivity index (χ2n) is 6.06. The van der Waals surface area contributed by atoms with Crippen LogP contribution in [0.25, 0.3) is 11.4 Å². The number of thioether (sulfide) groups is 1. The van der Waals surface area contributed by atoms with Crippen LogP contribution in [-0.2, 0) is 11.3 Å². The molecule has 0 unspecified atom stereocenters. The fourth-order valence-corrected chi connectivity index (χ4v) is 3.59. The van der Waals surface area contributed by atoms with Crippen LogP contribution in [0.4, 0.5) is 5.69 Å². The van der Waals surface area contributed by atoms with Crippen LogP contribution in [0.15, 0.2) is 60.3 Å². The number of carboxylic acids is 1. The predicted octanol–water partition coefficient (Wildman–Crippen LogP) is 3.92. The van der Waals surface area contributed by atoms with Crippen molar-refractivity contribution in [2.45, 2.75) is 11.7 Å². The Balaban J connectivity index is 1.74. The van der Waals surface area contributed by atoms with E-state index in [0.29, 0.717) is 28.8 Å². The first kappa shape index (κ1) is 21.4. The zero-order chi connectivity index (χ0) is 21.7. The Labute approximate surface area is 181 Å². The van der Waals surface area contributed by atoms with Crippen molar-refractivity contribution >= 4 is 40.9 Å². The summed E-state index contributed by atoms with van der Waals surface area (Å²) in [6.07, 6.45) is 1.66. The fourth-order valence-electron chi connectivity index (χ4n) is 2.65. The van der Waals surface area contributed by atoms with Crippen molar-refractivity contribution in [1.82, 2.24) is 14.8 Å². The molecule has 0 saturated carbocycles. The molecule has 3 rings (SSSR count). The maximum atomic E-state index is 12.3. The summed E-state index contributed by atoms with van der Waals surface area (Å²) in [5, 5.41) is 30.7. The maximum absolute atomic E-state index is 12.3. The van der Waals surface area contributed by atoms with Gasteiger partial charge in [-0.15, -0.1) is 16.8 Å². The number of aromatic carboxylic acids is 1. The first-order valence-electron chi connectivity index (χ1n) is 8.68. The van der Waals surface area contributed by atoms with Crippen LogP contribution in [0.3, 0.4) is 0 Å². The zero-order valence-corrected chi connectivity index (χ0v) is 17.2. The van der Waals surface area contributed by atoms with Crippen molar-refractivity contribution in [2.24, 2.45) is 0 Å². The largest absolute Gasteiger partial charge is 0.507 e. The molecule has 0 spiro atoms. The molecule has 1 heterocycles. The average Bonchev–Trinajstić information content (AvgIpc) is 3.11. The van der Waals surface area contributed by atoms with Gasteiger partial charge < -0.3 is 15.5 Å². The third kappa shape index (κ3) is 4.81. The third-order valence-electron chi connectivity index (χ3n) is 3.99. The van der Waals surface area contributed by atoms with Crippen molar-refractivity contribution in [3.63, 3.8) is 0 Å². The van der Waals surface area contributed by atoms with Gasteiger partial charge in [0.15, 0.2) is 11.0 Å². The van der Waals surface area contributed by atoms with Gasteiger partial charge in [-0.1, -0.05) is 41.6 Å². The molecule has 0 saturated heterocycles. The van der Waals surface area contributed by atoms with Gasteiger partial charge in [-0.25, -0.2) is 4.79 Å². The molecular formula is C20H17ClN4O4S. The van der Waals surface area contributed by atoms with Gasteiger partial charge in [0.2, 0.25) is 5.91 Å².